The smallest absolute Gasteiger partial charge is 0.217 e. The molecule has 0 saturated carbocycles. The number of aliphatic hydroxyl groups excluding tert-OH is 1. The molecule has 0 fully saturated rings. The Labute approximate surface area is 97.7 Å². The number of likely N-dealkylation sites (N-methyl/N-ethyl adjacent to an activating group) is 1. The number of hydrogen-bond acceptors (Lipinski definition) is 5. The maximum atomic E-state index is 9.33. The van der Waals surface area contributed by atoms with E-state index < -0.39 is 10.4 Å². The van der Waals surface area contributed by atoms with Crippen LogP contribution in [0.2, 0.25) is 0 Å². The molecule has 7 heteroatoms. The van der Waals surface area contributed by atoms with Gasteiger partial charge in [-0.05, 0) is 13.0 Å². The molecule has 0 aromatic heterocycles. The molecule has 0 aliphatic rings. The minimum absolute atomic E-state index is 0.303. The van der Waals surface area contributed by atoms with Crippen molar-refractivity contribution in [2.45, 2.75) is 20.1 Å². The Morgan fingerprint density at radius 2 is 2.00 bits per heavy atom. The minimum atomic E-state index is -4.41. The first-order chi connectivity index (χ1) is 7.13. The van der Waals surface area contributed by atoms with Crippen molar-refractivity contribution >= 4 is 10.4 Å². The molecule has 0 heterocycles. The van der Waals surface area contributed by atoms with Crippen molar-refractivity contribution < 1.29 is 26.7 Å². The second kappa shape index (κ2) is 7.75. The van der Waals surface area contributed by atoms with Crippen LogP contribution >= 0.6 is 0 Å². The molecule has 0 rings (SSSR count). The summed E-state index contributed by atoms with van der Waals surface area (Å²) in [6, 6.07) is 0. The van der Waals surface area contributed by atoms with Crippen LogP contribution in [-0.2, 0) is 14.6 Å². The van der Waals surface area contributed by atoms with E-state index in [-0.39, 0.29) is 6.23 Å². The van der Waals surface area contributed by atoms with E-state index in [1.54, 1.807) is 0 Å². The van der Waals surface area contributed by atoms with Gasteiger partial charge in [0.15, 0.2) is 6.23 Å². The van der Waals surface area contributed by atoms with E-state index in [0.717, 1.165) is 20.2 Å². The van der Waals surface area contributed by atoms with Crippen molar-refractivity contribution in [3.05, 3.63) is 12.7 Å². The molecule has 98 valence electrons. The summed E-state index contributed by atoms with van der Waals surface area (Å²) in [7, 11) is -1.58. The lowest BCUT2D eigenvalue weighted by molar-refractivity contribution is -0.945. The topological polar surface area (TPSA) is 86.7 Å². The molecular weight excluding hydrogens is 234 g/mol. The summed E-state index contributed by atoms with van der Waals surface area (Å²) in [6.07, 6.45) is 1.54. The third-order valence-corrected chi connectivity index (χ3v) is 2.78. The Hall–Kier alpha value is -0.470. The Morgan fingerprint density at radius 3 is 2.06 bits per heavy atom. The van der Waals surface area contributed by atoms with E-state index in [4.69, 9.17) is 0 Å². The molecular formula is C9H21NO5S. The SMILES string of the molecule is C=CC[N+](C)(CC)C(C)O.COS(=O)(=O)[O-]. The van der Waals surface area contributed by atoms with Gasteiger partial charge < -0.3 is 9.66 Å². The number of aliphatic hydroxyl groups is 1. The summed E-state index contributed by atoms with van der Waals surface area (Å²) in [4.78, 5) is 0. The summed E-state index contributed by atoms with van der Waals surface area (Å²) < 4.78 is 31.7. The van der Waals surface area contributed by atoms with Crippen molar-refractivity contribution in [2.24, 2.45) is 0 Å². The number of rotatable bonds is 5. The summed E-state index contributed by atoms with van der Waals surface area (Å²) in [5.74, 6) is 0. The van der Waals surface area contributed by atoms with Crippen LogP contribution in [0.15, 0.2) is 12.7 Å². The zero-order chi connectivity index (χ0) is 13.4. The number of quaternary nitrogens is 1. The van der Waals surface area contributed by atoms with Gasteiger partial charge in [0.25, 0.3) is 0 Å². The first-order valence-corrected chi connectivity index (χ1v) is 6.11. The van der Waals surface area contributed by atoms with Crippen LogP contribution in [0.3, 0.4) is 0 Å². The molecule has 0 aliphatic heterocycles. The third-order valence-electron chi connectivity index (χ3n) is 2.37. The molecule has 2 atom stereocenters. The minimum Gasteiger partial charge on any atom is -0.726 e. The monoisotopic (exact) mass is 255 g/mol. The Balaban J connectivity index is 0. The van der Waals surface area contributed by atoms with Crippen molar-refractivity contribution in [3.63, 3.8) is 0 Å². The molecule has 0 radical (unpaired) electrons. The van der Waals surface area contributed by atoms with Crippen LogP contribution < -0.4 is 0 Å². The predicted octanol–water partition coefficient (Wildman–Crippen LogP) is 0.0702. The van der Waals surface area contributed by atoms with Crippen LogP contribution in [-0.4, -0.2) is 56.0 Å². The first kappa shape index (κ1) is 17.9. The van der Waals surface area contributed by atoms with Crippen LogP contribution in [0, 0.1) is 0 Å². The standard InChI is InChI=1S/C8H18NO.CH4O4S/c1-5-7-9(4,6-2)8(3)10;1-5-6(2,3)4/h5,8,10H,1,6-7H2,2-4H3;1H3,(H,2,3,4)/q+1;/p-1. The second-order valence-corrected chi connectivity index (χ2v) is 4.62. The quantitative estimate of drug-likeness (QED) is 0.247. The highest BCUT2D eigenvalue weighted by atomic mass is 32.3. The molecule has 0 aromatic carbocycles. The molecule has 1 N–H and O–H groups in total. The Morgan fingerprint density at radius 1 is 1.62 bits per heavy atom. The molecule has 16 heavy (non-hydrogen) atoms. The van der Waals surface area contributed by atoms with Gasteiger partial charge in [0.1, 0.15) is 0 Å². The Bertz CT molecular complexity index is 288. The van der Waals surface area contributed by atoms with Crippen LogP contribution in [0.1, 0.15) is 13.8 Å². The van der Waals surface area contributed by atoms with Gasteiger partial charge in [-0.3, -0.25) is 8.67 Å². The molecule has 0 amide bonds. The highest BCUT2D eigenvalue weighted by Gasteiger charge is 2.22. The fourth-order valence-corrected chi connectivity index (χ4v) is 0.841. The van der Waals surface area contributed by atoms with Crippen molar-refractivity contribution in [1.29, 1.82) is 0 Å². The fraction of sp³-hybridized carbons (Fsp3) is 0.778. The normalized spacial score (nSPS) is 16.6. The maximum Gasteiger partial charge on any atom is 0.217 e. The number of hydrogen-bond donors (Lipinski definition) is 1. The van der Waals surface area contributed by atoms with E-state index in [9.17, 15) is 18.1 Å². The molecule has 0 aromatic rings. The molecule has 0 aliphatic carbocycles. The summed E-state index contributed by atoms with van der Waals surface area (Å²) in [5, 5.41) is 9.33. The molecule has 6 nitrogen and oxygen atoms in total. The largest absolute Gasteiger partial charge is 0.726 e. The van der Waals surface area contributed by atoms with E-state index in [0.29, 0.717) is 4.48 Å². The highest BCUT2D eigenvalue weighted by molar-refractivity contribution is 7.80. The molecule has 2 unspecified atom stereocenters. The van der Waals surface area contributed by atoms with Gasteiger partial charge in [0, 0.05) is 6.92 Å². The lowest BCUT2D eigenvalue weighted by atomic mass is 10.3. The summed E-state index contributed by atoms with van der Waals surface area (Å²) >= 11 is 0. The highest BCUT2D eigenvalue weighted by Crippen LogP contribution is 2.06. The van der Waals surface area contributed by atoms with E-state index >= 15 is 0 Å². The van der Waals surface area contributed by atoms with E-state index in [2.05, 4.69) is 17.7 Å². The van der Waals surface area contributed by atoms with Crippen LogP contribution in [0.5, 0.6) is 0 Å². The second-order valence-electron chi connectivity index (χ2n) is 3.47. The van der Waals surface area contributed by atoms with Gasteiger partial charge in [-0.15, -0.1) is 0 Å². The maximum absolute atomic E-state index is 9.33. The lowest BCUT2D eigenvalue weighted by Crippen LogP contribution is -2.50. The average Bonchev–Trinajstić information content (AvgIpc) is 2.17. The van der Waals surface area contributed by atoms with Gasteiger partial charge in [0.05, 0.1) is 27.2 Å². The fourth-order valence-electron chi connectivity index (χ4n) is 0.841. The lowest BCUT2D eigenvalue weighted by Gasteiger charge is -2.34. The van der Waals surface area contributed by atoms with Crippen LogP contribution in [0.25, 0.3) is 0 Å². The van der Waals surface area contributed by atoms with Crippen molar-refractivity contribution in [1.82, 2.24) is 0 Å². The summed E-state index contributed by atoms with van der Waals surface area (Å²) in [6.45, 7) is 9.29. The van der Waals surface area contributed by atoms with Gasteiger partial charge in [-0.1, -0.05) is 6.58 Å². The van der Waals surface area contributed by atoms with Crippen molar-refractivity contribution in [3.8, 4) is 0 Å². The van der Waals surface area contributed by atoms with E-state index in [1.165, 1.54) is 0 Å². The predicted molar refractivity (Wildman–Crippen MR) is 60.2 cm³/mol. The zero-order valence-electron chi connectivity index (χ0n) is 10.2. The van der Waals surface area contributed by atoms with Gasteiger partial charge in [-0.2, -0.15) is 0 Å². The summed E-state index contributed by atoms with van der Waals surface area (Å²) in [5.41, 5.74) is 0. The van der Waals surface area contributed by atoms with Gasteiger partial charge in [0.2, 0.25) is 10.4 Å². The first-order valence-electron chi connectivity index (χ1n) is 4.77. The zero-order valence-corrected chi connectivity index (χ0v) is 11.0. The van der Waals surface area contributed by atoms with Crippen LogP contribution in [0.4, 0.5) is 0 Å². The molecule has 0 bridgehead atoms. The average molecular weight is 255 g/mol. The van der Waals surface area contributed by atoms with Gasteiger partial charge >= 0.3 is 0 Å². The van der Waals surface area contributed by atoms with E-state index in [1.807, 2.05) is 20.0 Å². The third kappa shape index (κ3) is 8.81. The van der Waals surface area contributed by atoms with Gasteiger partial charge in [-0.25, -0.2) is 8.42 Å². The Kier molecular flexibility index (Phi) is 8.67. The molecule has 0 saturated heterocycles. The molecule has 0 spiro atoms. The van der Waals surface area contributed by atoms with Crippen molar-refractivity contribution in [2.75, 3.05) is 27.2 Å². The number of nitrogens with zero attached hydrogens (tertiary/aromatic N) is 1.